The van der Waals surface area contributed by atoms with Crippen molar-refractivity contribution in [1.29, 1.82) is 0 Å². The maximum Gasteiger partial charge on any atom is 2.00 e. The van der Waals surface area contributed by atoms with Gasteiger partial charge in [-0.2, -0.15) is 0 Å². The van der Waals surface area contributed by atoms with Crippen molar-refractivity contribution in [2.75, 3.05) is 28.2 Å². The summed E-state index contributed by atoms with van der Waals surface area (Å²) in [6.45, 7) is 0. The molecule has 1 aliphatic rings. The van der Waals surface area contributed by atoms with E-state index in [1.807, 2.05) is 0 Å². The van der Waals surface area contributed by atoms with E-state index in [-0.39, 0.29) is 44.3 Å². The molecule has 0 radical (unpaired) electrons. The van der Waals surface area contributed by atoms with E-state index in [1.54, 1.807) is 0 Å². The van der Waals surface area contributed by atoms with Crippen LogP contribution in [0.2, 0.25) is 0 Å². The molecule has 0 amide bonds. The number of nitrogens with zero attached hydrogens (tertiary/aromatic N) is 2. The number of likely N-dealkylation sites (N-methyl/N-ethyl adjacent to an activating group) is 2. The topological polar surface area (TPSA) is 6.48 Å². The van der Waals surface area contributed by atoms with Gasteiger partial charge < -0.3 is 34.6 Å². The second kappa shape index (κ2) is 10.3. The fourth-order valence-corrected chi connectivity index (χ4v) is 2.30. The first-order valence-electron chi connectivity index (χ1n) is 4.96. The van der Waals surface area contributed by atoms with Crippen LogP contribution in [0.25, 0.3) is 0 Å². The standard InChI is InChI=1S/C10H22N2.2ClH.Zn/c1-11(2)9-7-5-6-8-10(9)12(3)4;;;/h9-10H,5-8H2,1-4H3;2*1H;/q;;;+2/p-2/t9-,10-;;;/m1.../s1. The zero-order chi connectivity index (χ0) is 9.14. The van der Waals surface area contributed by atoms with E-state index in [0.29, 0.717) is 0 Å². The van der Waals surface area contributed by atoms with Crippen molar-refractivity contribution in [3.05, 3.63) is 0 Å². The summed E-state index contributed by atoms with van der Waals surface area (Å²) in [7, 11) is 8.80. The third-order valence-electron chi connectivity index (χ3n) is 3.02. The monoisotopic (exact) mass is 304 g/mol. The van der Waals surface area contributed by atoms with Crippen LogP contribution in [0.15, 0.2) is 0 Å². The predicted octanol–water partition coefficient (Wildman–Crippen LogP) is -4.57. The summed E-state index contributed by atoms with van der Waals surface area (Å²) >= 11 is 0. The third-order valence-corrected chi connectivity index (χ3v) is 3.02. The Morgan fingerprint density at radius 3 is 1.20 bits per heavy atom. The summed E-state index contributed by atoms with van der Waals surface area (Å²) in [5.74, 6) is 0. The van der Waals surface area contributed by atoms with Crippen LogP contribution in [0.5, 0.6) is 0 Å². The van der Waals surface area contributed by atoms with Crippen molar-refractivity contribution in [3.8, 4) is 0 Å². The summed E-state index contributed by atoms with van der Waals surface area (Å²) in [6.07, 6.45) is 5.56. The van der Waals surface area contributed by atoms with Gasteiger partial charge in [-0.25, -0.2) is 0 Å². The van der Waals surface area contributed by atoms with Gasteiger partial charge in [-0.15, -0.1) is 0 Å². The quantitative estimate of drug-likeness (QED) is 0.474. The Bertz CT molecular complexity index is 129. The van der Waals surface area contributed by atoms with Gasteiger partial charge in [0.2, 0.25) is 0 Å². The first-order valence-corrected chi connectivity index (χ1v) is 4.96. The van der Waals surface area contributed by atoms with Gasteiger partial charge in [0.15, 0.2) is 0 Å². The third kappa shape index (κ3) is 6.43. The summed E-state index contributed by atoms with van der Waals surface area (Å²) in [4.78, 5) is 4.76. The molecule has 1 aliphatic carbocycles. The molecule has 2 nitrogen and oxygen atoms in total. The SMILES string of the molecule is CN(C)[C@@H]1CCCC[C@H]1N(C)C.[Cl-].[Cl-].[Zn+2]. The first-order chi connectivity index (χ1) is 5.63. The molecule has 1 fully saturated rings. The molecule has 0 N–H and O–H groups in total. The van der Waals surface area contributed by atoms with Gasteiger partial charge >= 0.3 is 19.5 Å². The molecule has 0 aromatic carbocycles. The maximum atomic E-state index is 2.38. The van der Waals surface area contributed by atoms with E-state index in [4.69, 9.17) is 0 Å². The van der Waals surface area contributed by atoms with Gasteiger partial charge in [0.25, 0.3) is 0 Å². The number of hydrogen-bond donors (Lipinski definition) is 0. The van der Waals surface area contributed by atoms with Crippen LogP contribution in [-0.4, -0.2) is 50.1 Å². The number of halogens is 2. The van der Waals surface area contributed by atoms with Gasteiger partial charge in [0.05, 0.1) is 0 Å². The molecule has 1 saturated carbocycles. The van der Waals surface area contributed by atoms with Crippen molar-refractivity contribution < 1.29 is 44.3 Å². The average Bonchev–Trinajstić information content (AvgIpc) is 2.04. The number of rotatable bonds is 2. The smallest absolute Gasteiger partial charge is 1.00 e. The summed E-state index contributed by atoms with van der Waals surface area (Å²) in [5, 5.41) is 0. The molecule has 0 unspecified atom stereocenters. The molecule has 0 aromatic heterocycles. The molecule has 88 valence electrons. The molecule has 2 atom stereocenters. The zero-order valence-corrected chi connectivity index (χ0v) is 14.8. The van der Waals surface area contributed by atoms with Gasteiger partial charge in [0, 0.05) is 12.1 Å². The van der Waals surface area contributed by atoms with Gasteiger partial charge in [-0.1, -0.05) is 12.8 Å². The van der Waals surface area contributed by atoms with Gasteiger partial charge in [0.1, 0.15) is 0 Å². The Morgan fingerprint density at radius 1 is 0.733 bits per heavy atom. The van der Waals surface area contributed by atoms with Crippen molar-refractivity contribution in [2.24, 2.45) is 0 Å². The van der Waals surface area contributed by atoms with Crippen molar-refractivity contribution in [1.82, 2.24) is 9.80 Å². The Hall–Kier alpha value is 1.12. The molecule has 0 aliphatic heterocycles. The molecule has 0 heterocycles. The zero-order valence-electron chi connectivity index (χ0n) is 10.3. The second-order valence-corrected chi connectivity index (χ2v) is 4.35. The fraction of sp³-hybridized carbons (Fsp3) is 1.00. The van der Waals surface area contributed by atoms with Crippen LogP contribution in [0.1, 0.15) is 25.7 Å². The molecular weight excluding hydrogens is 284 g/mol. The molecule has 0 saturated heterocycles. The largest absolute Gasteiger partial charge is 2.00 e. The molecule has 15 heavy (non-hydrogen) atoms. The van der Waals surface area contributed by atoms with Crippen LogP contribution in [0.3, 0.4) is 0 Å². The summed E-state index contributed by atoms with van der Waals surface area (Å²) < 4.78 is 0. The molecule has 1 rings (SSSR count). The molecule has 0 bridgehead atoms. The van der Waals surface area contributed by atoms with Crippen molar-refractivity contribution >= 4 is 0 Å². The van der Waals surface area contributed by atoms with E-state index in [0.717, 1.165) is 12.1 Å². The van der Waals surface area contributed by atoms with Crippen LogP contribution in [0, 0.1) is 0 Å². The van der Waals surface area contributed by atoms with Crippen LogP contribution in [-0.2, 0) is 19.5 Å². The minimum absolute atomic E-state index is 0. The molecule has 5 heteroatoms. The van der Waals surface area contributed by atoms with E-state index in [2.05, 4.69) is 38.0 Å². The average molecular weight is 307 g/mol. The van der Waals surface area contributed by atoms with Crippen LogP contribution < -0.4 is 24.8 Å². The predicted molar refractivity (Wildman–Crippen MR) is 53.4 cm³/mol. The summed E-state index contributed by atoms with van der Waals surface area (Å²) in [5.41, 5.74) is 0. The fourth-order valence-electron chi connectivity index (χ4n) is 2.30. The molecule has 0 spiro atoms. The normalized spacial score (nSPS) is 25.2. The minimum Gasteiger partial charge on any atom is -1.00 e. The van der Waals surface area contributed by atoms with Gasteiger partial charge in [-0.3, -0.25) is 0 Å². The van der Waals surface area contributed by atoms with Crippen molar-refractivity contribution in [2.45, 2.75) is 37.8 Å². The first kappa shape index (κ1) is 21.4. The molecule has 0 aromatic rings. The number of hydrogen-bond acceptors (Lipinski definition) is 2. The Balaban J connectivity index is -0.000000480. The Labute approximate surface area is 120 Å². The van der Waals surface area contributed by atoms with Crippen LogP contribution in [0.4, 0.5) is 0 Å². The Kier molecular flexibility index (Phi) is 14.7. The van der Waals surface area contributed by atoms with E-state index in [9.17, 15) is 0 Å². The van der Waals surface area contributed by atoms with E-state index < -0.39 is 0 Å². The van der Waals surface area contributed by atoms with Gasteiger partial charge in [-0.05, 0) is 41.0 Å². The molecular formula is C10H22Cl2N2Zn. The summed E-state index contributed by atoms with van der Waals surface area (Å²) in [6, 6.07) is 1.54. The second-order valence-electron chi connectivity index (χ2n) is 4.35. The van der Waals surface area contributed by atoms with Crippen LogP contribution >= 0.6 is 0 Å². The van der Waals surface area contributed by atoms with E-state index in [1.165, 1.54) is 25.7 Å². The van der Waals surface area contributed by atoms with Crippen molar-refractivity contribution in [3.63, 3.8) is 0 Å². The minimum atomic E-state index is 0. The van der Waals surface area contributed by atoms with E-state index >= 15 is 0 Å². The Morgan fingerprint density at radius 2 is 1.00 bits per heavy atom. The maximum absolute atomic E-state index is 2.38.